The molecule has 3 heteroatoms. The van der Waals surface area contributed by atoms with Crippen molar-refractivity contribution in [2.24, 2.45) is 0 Å². The molecular formula is C7H13BrClN. The van der Waals surface area contributed by atoms with Gasteiger partial charge in [-0.25, -0.2) is 0 Å². The number of hydrogen-bond donors (Lipinski definition) is 0. The first-order valence-corrected chi connectivity index (χ1v) is 5.31. The third-order valence-electron chi connectivity index (χ3n) is 1.92. The van der Waals surface area contributed by atoms with Crippen molar-refractivity contribution < 1.29 is 0 Å². The molecule has 0 unspecified atom stereocenters. The van der Waals surface area contributed by atoms with Crippen LogP contribution in [0, 0.1) is 0 Å². The zero-order chi connectivity index (χ0) is 7.40. The third-order valence-corrected chi connectivity index (χ3v) is 2.71. The summed E-state index contributed by atoms with van der Waals surface area (Å²) in [6.07, 6.45) is 2.32. The van der Waals surface area contributed by atoms with E-state index >= 15 is 0 Å². The minimum absolute atomic E-state index is 0.437. The summed E-state index contributed by atoms with van der Waals surface area (Å²) in [6, 6.07) is 0. The Balaban J connectivity index is 2.13. The van der Waals surface area contributed by atoms with Gasteiger partial charge in [-0.1, -0.05) is 15.9 Å². The topological polar surface area (TPSA) is 3.24 Å². The molecule has 0 amide bonds. The number of alkyl halides is 2. The molecule has 1 saturated heterocycles. The van der Waals surface area contributed by atoms with Crippen molar-refractivity contribution in [3.63, 3.8) is 0 Å². The summed E-state index contributed by atoms with van der Waals surface area (Å²) in [6.45, 7) is 3.53. The quantitative estimate of drug-likeness (QED) is 0.652. The van der Waals surface area contributed by atoms with Crippen LogP contribution < -0.4 is 0 Å². The Kier molecular flexibility index (Phi) is 4.04. The summed E-state index contributed by atoms with van der Waals surface area (Å²) in [7, 11) is 0. The van der Waals surface area contributed by atoms with Crippen molar-refractivity contribution in [1.82, 2.24) is 4.90 Å². The predicted octanol–water partition coefficient (Wildman–Crippen LogP) is 2.08. The molecule has 0 aromatic heterocycles. The van der Waals surface area contributed by atoms with Crippen LogP contribution in [0.1, 0.15) is 12.8 Å². The second kappa shape index (κ2) is 4.58. The van der Waals surface area contributed by atoms with Crippen molar-refractivity contribution in [3.8, 4) is 0 Å². The standard InChI is InChI=1S/C7H13BrClN/c8-3-6-10-4-1-7(9)2-5-10/h7H,1-6H2. The predicted molar refractivity (Wildman–Crippen MR) is 49.1 cm³/mol. The maximum Gasteiger partial charge on any atom is 0.0360 e. The molecule has 1 nitrogen and oxygen atoms in total. The molecule has 0 radical (unpaired) electrons. The van der Waals surface area contributed by atoms with Crippen molar-refractivity contribution in [2.75, 3.05) is 25.0 Å². The maximum atomic E-state index is 5.94. The Morgan fingerprint density at radius 2 is 2.00 bits per heavy atom. The fraction of sp³-hybridized carbons (Fsp3) is 1.00. The minimum Gasteiger partial charge on any atom is -0.302 e. The summed E-state index contributed by atoms with van der Waals surface area (Å²) >= 11 is 9.37. The van der Waals surface area contributed by atoms with E-state index in [1.165, 1.54) is 19.6 Å². The van der Waals surface area contributed by atoms with Crippen LogP contribution in [-0.4, -0.2) is 35.2 Å². The van der Waals surface area contributed by atoms with Gasteiger partial charge in [0.2, 0.25) is 0 Å². The van der Waals surface area contributed by atoms with Crippen LogP contribution >= 0.6 is 27.5 Å². The van der Waals surface area contributed by atoms with Crippen LogP contribution in [0.5, 0.6) is 0 Å². The van der Waals surface area contributed by atoms with E-state index in [9.17, 15) is 0 Å². The van der Waals surface area contributed by atoms with E-state index in [1.807, 2.05) is 0 Å². The van der Waals surface area contributed by atoms with Gasteiger partial charge < -0.3 is 4.90 Å². The Morgan fingerprint density at radius 3 is 2.50 bits per heavy atom. The lowest BCUT2D eigenvalue weighted by molar-refractivity contribution is 0.245. The van der Waals surface area contributed by atoms with Gasteiger partial charge in [0.25, 0.3) is 0 Å². The lowest BCUT2D eigenvalue weighted by Crippen LogP contribution is -2.35. The van der Waals surface area contributed by atoms with Crippen LogP contribution in [0.3, 0.4) is 0 Å². The van der Waals surface area contributed by atoms with Gasteiger partial charge >= 0.3 is 0 Å². The molecule has 0 bridgehead atoms. The lowest BCUT2D eigenvalue weighted by Gasteiger charge is -2.28. The van der Waals surface area contributed by atoms with E-state index in [1.54, 1.807) is 0 Å². The first-order chi connectivity index (χ1) is 4.83. The highest BCUT2D eigenvalue weighted by Crippen LogP contribution is 2.14. The van der Waals surface area contributed by atoms with Gasteiger partial charge in [-0.3, -0.25) is 0 Å². The SMILES string of the molecule is ClC1CCN(CCBr)CC1. The largest absolute Gasteiger partial charge is 0.302 e. The van der Waals surface area contributed by atoms with Gasteiger partial charge in [-0.15, -0.1) is 11.6 Å². The van der Waals surface area contributed by atoms with Gasteiger partial charge in [0.15, 0.2) is 0 Å². The van der Waals surface area contributed by atoms with Crippen molar-refractivity contribution in [3.05, 3.63) is 0 Å². The number of likely N-dealkylation sites (tertiary alicyclic amines) is 1. The molecule has 1 fully saturated rings. The van der Waals surface area contributed by atoms with E-state index in [0.29, 0.717) is 5.38 Å². The van der Waals surface area contributed by atoms with Gasteiger partial charge in [0, 0.05) is 17.3 Å². The molecule has 0 aliphatic carbocycles. The first kappa shape index (κ1) is 8.82. The monoisotopic (exact) mass is 225 g/mol. The number of piperidine rings is 1. The normalized spacial score (nSPS) is 23.4. The molecular weight excluding hydrogens is 213 g/mol. The van der Waals surface area contributed by atoms with Crippen LogP contribution in [0.15, 0.2) is 0 Å². The Morgan fingerprint density at radius 1 is 1.40 bits per heavy atom. The summed E-state index contributed by atoms with van der Waals surface area (Å²) < 4.78 is 0. The number of nitrogens with zero attached hydrogens (tertiary/aromatic N) is 1. The van der Waals surface area contributed by atoms with Crippen molar-refractivity contribution >= 4 is 27.5 Å². The smallest absolute Gasteiger partial charge is 0.0360 e. The summed E-state index contributed by atoms with van der Waals surface area (Å²) in [5.74, 6) is 0. The average molecular weight is 227 g/mol. The Labute approximate surface area is 75.9 Å². The van der Waals surface area contributed by atoms with E-state index in [2.05, 4.69) is 20.8 Å². The van der Waals surface area contributed by atoms with E-state index in [-0.39, 0.29) is 0 Å². The van der Waals surface area contributed by atoms with E-state index in [4.69, 9.17) is 11.6 Å². The van der Waals surface area contributed by atoms with Gasteiger partial charge in [-0.2, -0.15) is 0 Å². The van der Waals surface area contributed by atoms with Crippen molar-refractivity contribution in [2.45, 2.75) is 18.2 Å². The second-order valence-electron chi connectivity index (χ2n) is 2.71. The fourth-order valence-corrected chi connectivity index (χ4v) is 1.94. The summed E-state index contributed by atoms with van der Waals surface area (Å²) in [5.41, 5.74) is 0. The molecule has 1 aliphatic rings. The molecule has 60 valence electrons. The van der Waals surface area contributed by atoms with Gasteiger partial charge in [-0.05, 0) is 25.9 Å². The van der Waals surface area contributed by atoms with Crippen molar-refractivity contribution in [1.29, 1.82) is 0 Å². The molecule has 0 aromatic rings. The maximum absolute atomic E-state index is 5.94. The highest BCUT2D eigenvalue weighted by molar-refractivity contribution is 9.09. The van der Waals surface area contributed by atoms with Crippen LogP contribution in [0.4, 0.5) is 0 Å². The molecule has 0 atom stereocenters. The third kappa shape index (κ3) is 2.77. The molecule has 0 spiro atoms. The average Bonchev–Trinajstić information content (AvgIpc) is 1.95. The van der Waals surface area contributed by atoms with Crippen LogP contribution in [-0.2, 0) is 0 Å². The number of hydrogen-bond acceptors (Lipinski definition) is 1. The Hall–Kier alpha value is 0.730. The number of rotatable bonds is 2. The highest BCUT2D eigenvalue weighted by atomic mass is 79.9. The molecule has 10 heavy (non-hydrogen) atoms. The molecule has 0 N–H and O–H groups in total. The molecule has 1 aliphatic heterocycles. The Bertz CT molecular complexity index is 91.6. The minimum atomic E-state index is 0.437. The molecule has 1 heterocycles. The van der Waals surface area contributed by atoms with E-state index < -0.39 is 0 Å². The summed E-state index contributed by atoms with van der Waals surface area (Å²) in [4.78, 5) is 2.45. The van der Waals surface area contributed by atoms with Crippen LogP contribution in [0.25, 0.3) is 0 Å². The first-order valence-electron chi connectivity index (χ1n) is 3.75. The number of halogens is 2. The van der Waals surface area contributed by atoms with E-state index in [0.717, 1.165) is 18.2 Å². The lowest BCUT2D eigenvalue weighted by atomic mass is 10.1. The zero-order valence-corrected chi connectivity index (χ0v) is 8.37. The van der Waals surface area contributed by atoms with Gasteiger partial charge in [0.1, 0.15) is 0 Å². The molecule has 0 aromatic carbocycles. The second-order valence-corrected chi connectivity index (χ2v) is 4.12. The zero-order valence-electron chi connectivity index (χ0n) is 6.02. The van der Waals surface area contributed by atoms with Crippen LogP contribution in [0.2, 0.25) is 0 Å². The summed E-state index contributed by atoms with van der Waals surface area (Å²) in [5, 5.41) is 1.52. The highest BCUT2D eigenvalue weighted by Gasteiger charge is 2.15. The molecule has 1 rings (SSSR count). The van der Waals surface area contributed by atoms with Gasteiger partial charge in [0.05, 0.1) is 0 Å². The fourth-order valence-electron chi connectivity index (χ4n) is 1.24. The molecule has 0 saturated carbocycles.